The summed E-state index contributed by atoms with van der Waals surface area (Å²) in [7, 11) is 0. The largest absolute Gasteiger partial charge is 0.335 e. The number of H-pyrrole nitrogens is 1. The maximum atomic E-state index is 4.56. The molecule has 5 aromatic rings. The number of nitrogens with one attached hydrogen (secondary N) is 1. The molecule has 0 saturated heterocycles. The molecule has 4 heterocycles. The Balaban J connectivity index is 1.89. The summed E-state index contributed by atoms with van der Waals surface area (Å²) in [6, 6.07) is 11.5. The van der Waals surface area contributed by atoms with E-state index in [-0.39, 0.29) is 0 Å². The van der Waals surface area contributed by atoms with Crippen molar-refractivity contribution in [2.45, 2.75) is 0 Å². The van der Waals surface area contributed by atoms with Crippen LogP contribution < -0.4 is 0 Å². The molecule has 0 aliphatic heterocycles. The maximum Gasteiger partial charge on any atom is 0.219 e. The number of rotatable bonds is 1. The van der Waals surface area contributed by atoms with Gasteiger partial charge >= 0.3 is 0 Å². The van der Waals surface area contributed by atoms with E-state index in [4.69, 9.17) is 0 Å². The summed E-state index contributed by atoms with van der Waals surface area (Å²) < 4.78 is 3.62. The highest BCUT2D eigenvalue weighted by atomic mass is 15.5. The van der Waals surface area contributed by atoms with Crippen LogP contribution in [0.15, 0.2) is 42.7 Å². The van der Waals surface area contributed by atoms with Gasteiger partial charge in [-0.1, -0.05) is 12.1 Å². The van der Waals surface area contributed by atoms with Gasteiger partial charge in [-0.2, -0.15) is 0 Å². The van der Waals surface area contributed by atoms with E-state index >= 15 is 0 Å². The number of aromatic amines is 1. The molecule has 0 atom stereocenters. The van der Waals surface area contributed by atoms with Crippen LogP contribution in [-0.2, 0) is 0 Å². The van der Waals surface area contributed by atoms with Gasteiger partial charge in [0.2, 0.25) is 5.82 Å². The second-order valence-corrected chi connectivity index (χ2v) is 4.66. The zero-order valence-electron chi connectivity index (χ0n) is 10.7. The number of para-hydroxylation sites is 2. The van der Waals surface area contributed by atoms with Crippen LogP contribution in [-0.4, -0.2) is 39.4 Å². The summed E-state index contributed by atoms with van der Waals surface area (Å²) in [6.45, 7) is 0. The van der Waals surface area contributed by atoms with Gasteiger partial charge in [-0.15, -0.1) is 20.4 Å². The molecule has 0 amide bonds. The predicted octanol–water partition coefficient (Wildman–Crippen LogP) is 1.32. The lowest BCUT2D eigenvalue weighted by Gasteiger charge is -1.99. The minimum Gasteiger partial charge on any atom is -0.335 e. The summed E-state index contributed by atoms with van der Waals surface area (Å²) in [5, 5.41) is 16.4. The Bertz CT molecular complexity index is 1070. The third kappa shape index (κ3) is 1.35. The maximum absolute atomic E-state index is 4.56. The molecule has 5 rings (SSSR count). The van der Waals surface area contributed by atoms with Crippen molar-refractivity contribution >= 4 is 22.3 Å². The van der Waals surface area contributed by atoms with Gasteiger partial charge in [0, 0.05) is 0 Å². The Morgan fingerprint density at radius 3 is 2.76 bits per heavy atom. The molecule has 21 heavy (non-hydrogen) atoms. The number of fused-ring (bicyclic) bond motifs is 4. The van der Waals surface area contributed by atoms with E-state index in [1.165, 1.54) is 0 Å². The Labute approximate surface area is 117 Å². The van der Waals surface area contributed by atoms with E-state index < -0.39 is 0 Å². The highest BCUT2D eigenvalue weighted by Crippen LogP contribution is 2.19. The summed E-state index contributed by atoms with van der Waals surface area (Å²) in [4.78, 5) is 7.82. The first-order valence-electron chi connectivity index (χ1n) is 6.39. The molecule has 1 N–H and O–H groups in total. The first kappa shape index (κ1) is 10.5. The quantitative estimate of drug-likeness (QED) is 0.498. The van der Waals surface area contributed by atoms with E-state index in [9.17, 15) is 0 Å². The van der Waals surface area contributed by atoms with Crippen molar-refractivity contribution in [2.24, 2.45) is 0 Å². The topological polar surface area (TPSA) is 89.1 Å². The molecule has 1 aromatic carbocycles. The number of hydrogen-bond acceptors (Lipinski definition) is 5. The van der Waals surface area contributed by atoms with Crippen molar-refractivity contribution in [3.8, 4) is 11.6 Å². The van der Waals surface area contributed by atoms with Crippen LogP contribution in [0.25, 0.3) is 34.0 Å². The number of nitrogens with zero attached hydrogens (tertiary/aromatic N) is 7. The molecule has 0 aliphatic rings. The average Bonchev–Trinajstić information content (AvgIpc) is 3.22. The van der Waals surface area contributed by atoms with Crippen molar-refractivity contribution in [1.82, 2.24) is 39.4 Å². The van der Waals surface area contributed by atoms with Gasteiger partial charge < -0.3 is 4.98 Å². The van der Waals surface area contributed by atoms with Crippen molar-refractivity contribution < 1.29 is 0 Å². The smallest absolute Gasteiger partial charge is 0.219 e. The lowest BCUT2D eigenvalue weighted by atomic mass is 10.3. The van der Waals surface area contributed by atoms with Gasteiger partial charge in [-0.25, -0.2) is 14.0 Å². The van der Waals surface area contributed by atoms with Crippen LogP contribution in [0.1, 0.15) is 0 Å². The van der Waals surface area contributed by atoms with Crippen LogP contribution in [0, 0.1) is 0 Å². The molecule has 0 fully saturated rings. The third-order valence-electron chi connectivity index (χ3n) is 3.42. The molecule has 0 saturated carbocycles. The number of hydrogen-bond donors (Lipinski definition) is 1. The standard InChI is InChI=1S/C13H8N8/c1-2-4-9-8(3-1)15-12(16-9)13-19-18-11-6-5-10-17-14-7-20(10)21(11)13/h1-7H,(H,15,16). The Hall–Kier alpha value is -3.29. The monoisotopic (exact) mass is 276 g/mol. The highest BCUT2D eigenvalue weighted by molar-refractivity contribution is 5.78. The van der Waals surface area contributed by atoms with Gasteiger partial charge in [0.05, 0.1) is 11.0 Å². The van der Waals surface area contributed by atoms with Gasteiger partial charge in [0.1, 0.15) is 6.33 Å². The van der Waals surface area contributed by atoms with Gasteiger partial charge in [0.15, 0.2) is 17.1 Å². The summed E-state index contributed by atoms with van der Waals surface area (Å²) >= 11 is 0. The normalized spacial score (nSPS) is 11.8. The summed E-state index contributed by atoms with van der Waals surface area (Å²) in [6.07, 6.45) is 1.62. The average molecular weight is 276 g/mol. The molecule has 8 nitrogen and oxygen atoms in total. The number of aromatic nitrogens is 8. The highest BCUT2D eigenvalue weighted by Gasteiger charge is 2.15. The van der Waals surface area contributed by atoms with E-state index in [2.05, 4.69) is 30.4 Å². The Kier molecular flexibility index (Phi) is 1.81. The fraction of sp³-hybridized carbons (Fsp3) is 0. The Morgan fingerprint density at radius 1 is 0.905 bits per heavy atom. The van der Waals surface area contributed by atoms with Gasteiger partial charge in [-0.3, -0.25) is 0 Å². The van der Waals surface area contributed by atoms with Crippen molar-refractivity contribution in [2.75, 3.05) is 0 Å². The lowest BCUT2D eigenvalue weighted by Crippen LogP contribution is -2.01. The minimum atomic E-state index is 0.617. The van der Waals surface area contributed by atoms with Crippen molar-refractivity contribution in [3.05, 3.63) is 42.7 Å². The Morgan fingerprint density at radius 2 is 1.81 bits per heavy atom. The fourth-order valence-electron chi connectivity index (χ4n) is 2.47. The van der Waals surface area contributed by atoms with E-state index in [1.807, 2.05) is 40.9 Å². The van der Waals surface area contributed by atoms with Crippen LogP contribution in [0.4, 0.5) is 0 Å². The number of imidazole rings is 1. The fourth-order valence-corrected chi connectivity index (χ4v) is 2.47. The predicted molar refractivity (Wildman–Crippen MR) is 74.6 cm³/mol. The molecule has 4 aromatic heterocycles. The molecule has 8 heteroatoms. The van der Waals surface area contributed by atoms with Crippen LogP contribution in [0.2, 0.25) is 0 Å². The SMILES string of the molecule is c1ccc2[nH]c(-c3nnc4ccc5nncn5n34)nc2c1. The van der Waals surface area contributed by atoms with Crippen LogP contribution >= 0.6 is 0 Å². The molecular weight excluding hydrogens is 268 g/mol. The zero-order chi connectivity index (χ0) is 13.8. The van der Waals surface area contributed by atoms with E-state index in [0.717, 1.165) is 16.7 Å². The van der Waals surface area contributed by atoms with E-state index in [0.29, 0.717) is 17.3 Å². The molecule has 0 unspecified atom stereocenters. The second kappa shape index (κ2) is 3.63. The van der Waals surface area contributed by atoms with Crippen molar-refractivity contribution in [1.29, 1.82) is 0 Å². The molecular formula is C13H8N8. The summed E-state index contributed by atoms with van der Waals surface area (Å²) in [5.74, 6) is 1.27. The molecule has 0 bridgehead atoms. The molecule has 100 valence electrons. The molecule has 0 spiro atoms. The number of benzene rings is 1. The lowest BCUT2D eigenvalue weighted by molar-refractivity contribution is 0.844. The van der Waals surface area contributed by atoms with E-state index in [1.54, 1.807) is 10.8 Å². The second-order valence-electron chi connectivity index (χ2n) is 4.66. The van der Waals surface area contributed by atoms with Crippen LogP contribution in [0.5, 0.6) is 0 Å². The summed E-state index contributed by atoms with van der Waals surface area (Å²) in [5.41, 5.74) is 3.28. The molecule has 0 aliphatic carbocycles. The minimum absolute atomic E-state index is 0.617. The molecule has 0 radical (unpaired) electrons. The van der Waals surface area contributed by atoms with Crippen LogP contribution in [0.3, 0.4) is 0 Å². The zero-order valence-corrected chi connectivity index (χ0v) is 10.7. The first-order chi connectivity index (χ1) is 10.4. The van der Waals surface area contributed by atoms with Gasteiger partial charge in [-0.05, 0) is 24.3 Å². The first-order valence-corrected chi connectivity index (χ1v) is 6.39. The van der Waals surface area contributed by atoms with Crippen molar-refractivity contribution in [3.63, 3.8) is 0 Å². The third-order valence-corrected chi connectivity index (χ3v) is 3.42. The van der Waals surface area contributed by atoms with Gasteiger partial charge in [0.25, 0.3) is 0 Å².